The molecule has 2 N–H and O–H groups in total. The van der Waals surface area contributed by atoms with Crippen LogP contribution in [0.1, 0.15) is 26.3 Å². The quantitative estimate of drug-likeness (QED) is 0.882. The molecule has 108 valence electrons. The van der Waals surface area contributed by atoms with E-state index in [9.17, 15) is 14.0 Å². The number of aromatic carboxylic acids is 1. The molecule has 1 amide bonds. The number of carboxylic acids is 1. The third kappa shape index (κ3) is 3.46. The van der Waals surface area contributed by atoms with Crippen LogP contribution in [0.3, 0.4) is 0 Å². The summed E-state index contributed by atoms with van der Waals surface area (Å²) in [7, 11) is 0. The highest BCUT2D eigenvalue weighted by Gasteiger charge is 2.14. The van der Waals surface area contributed by atoms with Crippen molar-refractivity contribution in [1.29, 1.82) is 0 Å². The van der Waals surface area contributed by atoms with E-state index >= 15 is 0 Å². The number of hydrogen-bond acceptors (Lipinski definition) is 2. The van der Waals surface area contributed by atoms with Crippen molar-refractivity contribution in [3.63, 3.8) is 0 Å². The van der Waals surface area contributed by atoms with E-state index in [2.05, 4.69) is 21.2 Å². The fraction of sp³-hybridized carbons (Fsp3) is 0.0667. The van der Waals surface area contributed by atoms with E-state index in [4.69, 9.17) is 5.11 Å². The van der Waals surface area contributed by atoms with Crippen molar-refractivity contribution in [2.75, 3.05) is 5.32 Å². The lowest BCUT2D eigenvalue weighted by molar-refractivity contribution is 0.0696. The SMILES string of the molecule is Cc1ccc(C(=O)Nc2ccc(C(=O)O)cc2Br)c(F)c1. The summed E-state index contributed by atoms with van der Waals surface area (Å²) in [5, 5.41) is 11.4. The van der Waals surface area contributed by atoms with Crippen molar-refractivity contribution in [2.24, 2.45) is 0 Å². The number of aryl methyl sites for hydroxylation is 1. The fourth-order valence-electron chi connectivity index (χ4n) is 1.74. The molecule has 0 aliphatic carbocycles. The molecule has 0 radical (unpaired) electrons. The fourth-order valence-corrected chi connectivity index (χ4v) is 2.22. The van der Waals surface area contributed by atoms with E-state index in [0.717, 1.165) is 5.56 Å². The number of carbonyl (C=O) groups is 2. The number of carbonyl (C=O) groups excluding carboxylic acids is 1. The van der Waals surface area contributed by atoms with Gasteiger partial charge in [0.2, 0.25) is 0 Å². The van der Waals surface area contributed by atoms with Gasteiger partial charge in [0.15, 0.2) is 0 Å². The summed E-state index contributed by atoms with van der Waals surface area (Å²) in [4.78, 5) is 22.9. The standard InChI is InChI=1S/C15H11BrFNO3/c1-8-2-4-10(12(17)6-8)14(19)18-13-5-3-9(15(20)21)7-11(13)16/h2-7H,1H3,(H,18,19)(H,20,21). The van der Waals surface area contributed by atoms with Gasteiger partial charge in [-0.25, -0.2) is 9.18 Å². The summed E-state index contributed by atoms with van der Waals surface area (Å²) >= 11 is 3.17. The van der Waals surface area contributed by atoms with Crippen molar-refractivity contribution in [2.45, 2.75) is 6.92 Å². The van der Waals surface area contributed by atoms with E-state index in [1.165, 1.54) is 30.3 Å². The molecular formula is C15H11BrFNO3. The summed E-state index contributed by atoms with van der Waals surface area (Å²) < 4.78 is 14.1. The first-order valence-corrected chi connectivity index (χ1v) is 6.78. The molecule has 0 aromatic heterocycles. The number of nitrogens with one attached hydrogen (secondary N) is 1. The Labute approximate surface area is 128 Å². The lowest BCUT2D eigenvalue weighted by atomic mass is 10.1. The highest BCUT2D eigenvalue weighted by molar-refractivity contribution is 9.10. The maximum absolute atomic E-state index is 13.7. The molecular weight excluding hydrogens is 341 g/mol. The highest BCUT2D eigenvalue weighted by Crippen LogP contribution is 2.24. The van der Waals surface area contributed by atoms with Crippen LogP contribution in [0.4, 0.5) is 10.1 Å². The molecule has 6 heteroatoms. The molecule has 0 aliphatic heterocycles. The van der Waals surface area contributed by atoms with Gasteiger partial charge < -0.3 is 10.4 Å². The highest BCUT2D eigenvalue weighted by atomic mass is 79.9. The minimum absolute atomic E-state index is 0.0742. The monoisotopic (exact) mass is 351 g/mol. The summed E-state index contributed by atoms with van der Waals surface area (Å²) in [6.07, 6.45) is 0. The molecule has 0 atom stereocenters. The first-order chi connectivity index (χ1) is 9.88. The molecule has 2 aromatic rings. The molecule has 0 saturated carbocycles. The smallest absolute Gasteiger partial charge is 0.335 e. The zero-order valence-corrected chi connectivity index (χ0v) is 12.6. The molecule has 0 fully saturated rings. The maximum atomic E-state index is 13.7. The second kappa shape index (κ2) is 6.05. The van der Waals surface area contributed by atoms with Crippen LogP contribution in [0, 0.1) is 12.7 Å². The van der Waals surface area contributed by atoms with E-state index in [0.29, 0.717) is 10.2 Å². The molecule has 0 heterocycles. The number of amides is 1. The van der Waals surface area contributed by atoms with Gasteiger partial charge in [0.05, 0.1) is 16.8 Å². The molecule has 4 nitrogen and oxygen atoms in total. The van der Waals surface area contributed by atoms with Crippen LogP contribution < -0.4 is 5.32 Å². The summed E-state index contributed by atoms with van der Waals surface area (Å²) in [5.41, 5.74) is 1.09. The molecule has 2 rings (SSSR count). The van der Waals surface area contributed by atoms with Crippen LogP contribution in [-0.4, -0.2) is 17.0 Å². The summed E-state index contributed by atoms with van der Waals surface area (Å²) in [6, 6.07) is 8.48. The van der Waals surface area contributed by atoms with Crippen LogP contribution in [-0.2, 0) is 0 Å². The predicted molar refractivity (Wildman–Crippen MR) is 80.2 cm³/mol. The average Bonchev–Trinajstić information content (AvgIpc) is 2.40. The van der Waals surface area contributed by atoms with Crippen molar-refractivity contribution in [1.82, 2.24) is 0 Å². The molecule has 0 aliphatic rings. The number of carboxylic acid groups (broad SMARTS) is 1. The number of rotatable bonds is 3. The second-order valence-corrected chi connectivity index (χ2v) is 5.29. The zero-order chi connectivity index (χ0) is 15.6. The van der Waals surface area contributed by atoms with Crippen LogP contribution >= 0.6 is 15.9 Å². The van der Waals surface area contributed by atoms with Crippen molar-refractivity contribution in [3.8, 4) is 0 Å². The van der Waals surface area contributed by atoms with Gasteiger partial charge in [0.1, 0.15) is 5.82 Å². The molecule has 0 saturated heterocycles. The molecule has 0 bridgehead atoms. The van der Waals surface area contributed by atoms with Gasteiger partial charge in [-0.05, 0) is 58.7 Å². The lowest BCUT2D eigenvalue weighted by Crippen LogP contribution is -2.14. The van der Waals surface area contributed by atoms with Crippen LogP contribution in [0.25, 0.3) is 0 Å². The summed E-state index contributed by atoms with van der Waals surface area (Å²) in [6.45, 7) is 1.73. The van der Waals surface area contributed by atoms with Crippen LogP contribution in [0.2, 0.25) is 0 Å². The second-order valence-electron chi connectivity index (χ2n) is 4.44. The Bertz CT molecular complexity index is 731. The molecule has 0 unspecified atom stereocenters. The maximum Gasteiger partial charge on any atom is 0.335 e. The van der Waals surface area contributed by atoms with Gasteiger partial charge in [-0.15, -0.1) is 0 Å². The Morgan fingerprint density at radius 3 is 2.48 bits per heavy atom. The Balaban J connectivity index is 2.25. The van der Waals surface area contributed by atoms with Gasteiger partial charge in [-0.3, -0.25) is 4.79 Å². The van der Waals surface area contributed by atoms with Gasteiger partial charge in [-0.1, -0.05) is 6.07 Å². The normalized spacial score (nSPS) is 10.2. The van der Waals surface area contributed by atoms with E-state index in [1.54, 1.807) is 13.0 Å². The Kier molecular flexibility index (Phi) is 4.37. The van der Waals surface area contributed by atoms with Crippen molar-refractivity contribution < 1.29 is 19.1 Å². The van der Waals surface area contributed by atoms with Gasteiger partial charge in [0, 0.05) is 4.47 Å². The van der Waals surface area contributed by atoms with Crippen molar-refractivity contribution >= 4 is 33.5 Å². The molecule has 21 heavy (non-hydrogen) atoms. The Morgan fingerprint density at radius 1 is 1.19 bits per heavy atom. The molecule has 0 spiro atoms. The first kappa shape index (κ1) is 15.2. The van der Waals surface area contributed by atoms with E-state index < -0.39 is 17.7 Å². The minimum Gasteiger partial charge on any atom is -0.478 e. The lowest BCUT2D eigenvalue weighted by Gasteiger charge is -2.09. The summed E-state index contributed by atoms with van der Waals surface area (Å²) in [5.74, 6) is -2.28. The Morgan fingerprint density at radius 2 is 1.90 bits per heavy atom. The Hall–Kier alpha value is -2.21. The van der Waals surface area contributed by atoms with E-state index in [-0.39, 0.29) is 11.1 Å². The third-order valence-electron chi connectivity index (χ3n) is 2.83. The predicted octanol–water partition coefficient (Wildman–Crippen LogP) is 3.85. The largest absolute Gasteiger partial charge is 0.478 e. The number of halogens is 2. The van der Waals surface area contributed by atoms with Crippen molar-refractivity contribution in [3.05, 3.63) is 63.4 Å². The number of anilines is 1. The van der Waals surface area contributed by atoms with Crippen LogP contribution in [0.5, 0.6) is 0 Å². The number of hydrogen-bond donors (Lipinski definition) is 2. The number of benzene rings is 2. The van der Waals surface area contributed by atoms with Crippen LogP contribution in [0.15, 0.2) is 40.9 Å². The average molecular weight is 352 g/mol. The third-order valence-corrected chi connectivity index (χ3v) is 3.49. The topological polar surface area (TPSA) is 66.4 Å². The zero-order valence-electron chi connectivity index (χ0n) is 11.0. The first-order valence-electron chi connectivity index (χ1n) is 5.99. The van der Waals surface area contributed by atoms with E-state index in [1.807, 2.05) is 0 Å². The van der Waals surface area contributed by atoms with Gasteiger partial charge in [0.25, 0.3) is 5.91 Å². The van der Waals surface area contributed by atoms with Gasteiger partial charge in [-0.2, -0.15) is 0 Å². The van der Waals surface area contributed by atoms with Gasteiger partial charge >= 0.3 is 5.97 Å². The molecule has 2 aromatic carbocycles. The minimum atomic E-state index is -1.07.